The number of nitrogens with one attached hydrogen (secondary N) is 1. The van der Waals surface area contributed by atoms with Gasteiger partial charge in [-0.05, 0) is 19.4 Å². The van der Waals surface area contributed by atoms with E-state index in [2.05, 4.69) is 5.32 Å². The van der Waals surface area contributed by atoms with E-state index >= 15 is 0 Å². The van der Waals surface area contributed by atoms with Crippen molar-refractivity contribution >= 4 is 9.84 Å². The van der Waals surface area contributed by atoms with E-state index in [0.29, 0.717) is 0 Å². The molecule has 0 amide bonds. The first-order valence-electron chi connectivity index (χ1n) is 5.48. The summed E-state index contributed by atoms with van der Waals surface area (Å²) in [5.74, 6) is 0. The Hall–Kier alpha value is -0.0900. The van der Waals surface area contributed by atoms with Crippen molar-refractivity contribution in [2.24, 2.45) is 0 Å². The summed E-state index contributed by atoms with van der Waals surface area (Å²) in [5, 5.41) is 3.14. The summed E-state index contributed by atoms with van der Waals surface area (Å²) in [7, 11) is -2.88. The topological polar surface area (TPSA) is 46.2 Å². The fraction of sp³-hybridized carbons (Fsp3) is 1.00. The molecule has 0 bridgehead atoms. The van der Waals surface area contributed by atoms with Crippen molar-refractivity contribution in [1.82, 2.24) is 5.32 Å². The zero-order valence-electron chi connectivity index (χ0n) is 9.12. The van der Waals surface area contributed by atoms with Gasteiger partial charge >= 0.3 is 0 Å². The van der Waals surface area contributed by atoms with E-state index in [4.69, 9.17) is 0 Å². The van der Waals surface area contributed by atoms with Crippen LogP contribution in [0.25, 0.3) is 0 Å². The standard InChI is InChI=1S/C10H21NO2S/c1-3-11-9-7-5-4-6-8-10(9)14(2,12)13/h9-11H,3-8H2,1-2H3. The molecule has 4 heteroatoms. The quantitative estimate of drug-likeness (QED) is 0.729. The SMILES string of the molecule is CCNC1CCCCCC1S(C)(=O)=O. The summed E-state index contributed by atoms with van der Waals surface area (Å²) < 4.78 is 23.2. The van der Waals surface area contributed by atoms with Crippen LogP contribution in [0.4, 0.5) is 0 Å². The molecule has 1 saturated carbocycles. The minimum atomic E-state index is -2.88. The maximum atomic E-state index is 11.6. The van der Waals surface area contributed by atoms with Crippen LogP contribution in [0.15, 0.2) is 0 Å². The third-order valence-corrected chi connectivity index (χ3v) is 4.63. The summed E-state index contributed by atoms with van der Waals surface area (Å²) in [6, 6.07) is 0.178. The van der Waals surface area contributed by atoms with E-state index in [-0.39, 0.29) is 11.3 Å². The predicted octanol–water partition coefficient (Wildman–Crippen LogP) is 1.34. The number of hydrogen-bond acceptors (Lipinski definition) is 3. The lowest BCUT2D eigenvalue weighted by Gasteiger charge is -2.24. The molecule has 0 heterocycles. The van der Waals surface area contributed by atoms with E-state index in [1.54, 1.807) is 0 Å². The largest absolute Gasteiger partial charge is 0.313 e. The van der Waals surface area contributed by atoms with Gasteiger partial charge in [-0.2, -0.15) is 0 Å². The monoisotopic (exact) mass is 219 g/mol. The van der Waals surface area contributed by atoms with E-state index < -0.39 is 9.84 Å². The zero-order chi connectivity index (χ0) is 10.6. The minimum absolute atomic E-state index is 0.162. The second kappa shape index (κ2) is 5.12. The molecule has 1 rings (SSSR count). The Labute approximate surface area is 87.2 Å². The summed E-state index contributed by atoms with van der Waals surface area (Å²) in [6.45, 7) is 2.89. The van der Waals surface area contributed by atoms with Crippen molar-refractivity contribution in [1.29, 1.82) is 0 Å². The lowest BCUT2D eigenvalue weighted by molar-refractivity contribution is 0.462. The van der Waals surface area contributed by atoms with Crippen LogP contribution in [0, 0.1) is 0 Å². The fourth-order valence-electron chi connectivity index (χ4n) is 2.28. The molecule has 0 aromatic rings. The average Bonchev–Trinajstić information content (AvgIpc) is 2.29. The number of sulfone groups is 1. The van der Waals surface area contributed by atoms with Crippen molar-refractivity contribution < 1.29 is 8.42 Å². The molecule has 2 unspecified atom stereocenters. The second-order valence-corrected chi connectivity index (χ2v) is 6.43. The summed E-state index contributed by atoms with van der Waals surface area (Å²) in [4.78, 5) is 0. The Morgan fingerprint density at radius 3 is 2.43 bits per heavy atom. The van der Waals surface area contributed by atoms with Crippen molar-refractivity contribution in [2.45, 2.75) is 50.3 Å². The summed E-state index contributed by atoms with van der Waals surface area (Å²) in [6.07, 6.45) is 6.59. The van der Waals surface area contributed by atoms with Gasteiger partial charge in [0, 0.05) is 12.3 Å². The third-order valence-electron chi connectivity index (χ3n) is 2.97. The van der Waals surface area contributed by atoms with Gasteiger partial charge in [0.25, 0.3) is 0 Å². The lowest BCUT2D eigenvalue weighted by atomic mass is 10.1. The molecule has 84 valence electrons. The highest BCUT2D eigenvalue weighted by molar-refractivity contribution is 7.91. The molecule has 2 atom stereocenters. The van der Waals surface area contributed by atoms with Gasteiger partial charge in [-0.15, -0.1) is 0 Å². The molecule has 3 nitrogen and oxygen atoms in total. The third kappa shape index (κ3) is 3.24. The second-order valence-electron chi connectivity index (χ2n) is 4.17. The minimum Gasteiger partial charge on any atom is -0.313 e. The Kier molecular flexibility index (Phi) is 4.38. The molecular weight excluding hydrogens is 198 g/mol. The number of hydrogen-bond donors (Lipinski definition) is 1. The van der Waals surface area contributed by atoms with Crippen LogP contribution in [0.2, 0.25) is 0 Å². The van der Waals surface area contributed by atoms with Crippen LogP contribution in [0.1, 0.15) is 39.0 Å². The van der Waals surface area contributed by atoms with Gasteiger partial charge in [0.2, 0.25) is 0 Å². The van der Waals surface area contributed by atoms with Crippen molar-refractivity contribution in [3.05, 3.63) is 0 Å². The van der Waals surface area contributed by atoms with Gasteiger partial charge in [0.1, 0.15) is 0 Å². The summed E-state index contributed by atoms with van der Waals surface area (Å²) >= 11 is 0. The first-order chi connectivity index (χ1) is 6.55. The smallest absolute Gasteiger partial charge is 0.151 e. The molecule has 1 N–H and O–H groups in total. The van der Waals surface area contributed by atoms with Gasteiger partial charge in [0.05, 0.1) is 5.25 Å². The number of rotatable bonds is 3. The lowest BCUT2D eigenvalue weighted by Crippen LogP contribution is -2.43. The van der Waals surface area contributed by atoms with Gasteiger partial charge < -0.3 is 5.32 Å². The Bertz CT molecular complexity index is 261. The van der Waals surface area contributed by atoms with Crippen molar-refractivity contribution in [3.8, 4) is 0 Å². The molecule has 14 heavy (non-hydrogen) atoms. The van der Waals surface area contributed by atoms with Gasteiger partial charge in [-0.1, -0.05) is 26.2 Å². The summed E-state index contributed by atoms with van der Waals surface area (Å²) in [5.41, 5.74) is 0. The highest BCUT2D eigenvalue weighted by atomic mass is 32.2. The molecule has 0 aromatic heterocycles. The van der Waals surface area contributed by atoms with Gasteiger partial charge in [0.15, 0.2) is 9.84 Å². The van der Waals surface area contributed by atoms with Crippen molar-refractivity contribution in [3.63, 3.8) is 0 Å². The van der Waals surface area contributed by atoms with Crippen LogP contribution >= 0.6 is 0 Å². The van der Waals surface area contributed by atoms with E-state index in [0.717, 1.165) is 32.2 Å². The normalized spacial score (nSPS) is 29.9. The van der Waals surface area contributed by atoms with Crippen LogP contribution < -0.4 is 5.32 Å². The van der Waals surface area contributed by atoms with Crippen LogP contribution in [-0.2, 0) is 9.84 Å². The Morgan fingerprint density at radius 2 is 1.86 bits per heavy atom. The first-order valence-corrected chi connectivity index (χ1v) is 7.43. The average molecular weight is 219 g/mol. The molecule has 1 aliphatic carbocycles. The maximum absolute atomic E-state index is 11.6. The fourth-order valence-corrected chi connectivity index (χ4v) is 3.71. The Balaban J connectivity index is 2.74. The van der Waals surface area contributed by atoms with Gasteiger partial charge in [-0.3, -0.25) is 0 Å². The molecule has 0 aliphatic heterocycles. The highest BCUT2D eigenvalue weighted by Gasteiger charge is 2.30. The van der Waals surface area contributed by atoms with Crippen LogP contribution in [0.5, 0.6) is 0 Å². The molecule has 1 aliphatic rings. The van der Waals surface area contributed by atoms with E-state index in [1.165, 1.54) is 12.7 Å². The van der Waals surface area contributed by atoms with Crippen LogP contribution in [-0.4, -0.2) is 32.5 Å². The molecule has 0 radical (unpaired) electrons. The van der Waals surface area contributed by atoms with Crippen molar-refractivity contribution in [2.75, 3.05) is 12.8 Å². The molecular formula is C10H21NO2S. The first kappa shape index (κ1) is 12.0. The molecule has 1 fully saturated rings. The molecule has 0 aromatic carbocycles. The Morgan fingerprint density at radius 1 is 1.21 bits per heavy atom. The van der Waals surface area contributed by atoms with Crippen LogP contribution in [0.3, 0.4) is 0 Å². The zero-order valence-corrected chi connectivity index (χ0v) is 9.94. The molecule has 0 spiro atoms. The maximum Gasteiger partial charge on any atom is 0.151 e. The van der Waals surface area contributed by atoms with Gasteiger partial charge in [-0.25, -0.2) is 8.42 Å². The van der Waals surface area contributed by atoms with E-state index in [1.807, 2.05) is 6.92 Å². The van der Waals surface area contributed by atoms with E-state index in [9.17, 15) is 8.42 Å². The highest BCUT2D eigenvalue weighted by Crippen LogP contribution is 2.23. The predicted molar refractivity (Wildman–Crippen MR) is 59.2 cm³/mol. The molecule has 0 saturated heterocycles.